The lowest BCUT2D eigenvalue weighted by Gasteiger charge is -2.17. The number of rotatable bonds is 15. The highest BCUT2D eigenvalue weighted by atomic mass is 35.5. The molecule has 324 valence electrons. The number of hydrogen-bond donors (Lipinski definition) is 4. The second kappa shape index (κ2) is 21.8. The monoisotopic (exact) mass is 988 g/mol. The van der Waals surface area contributed by atoms with E-state index in [0.29, 0.717) is 15.6 Å². The van der Waals surface area contributed by atoms with Gasteiger partial charge in [-0.15, -0.1) is 11.6 Å². The van der Waals surface area contributed by atoms with Crippen LogP contribution in [0.5, 0.6) is 0 Å². The van der Waals surface area contributed by atoms with Gasteiger partial charge in [0.25, 0.3) is 23.6 Å². The minimum Gasteiger partial charge on any atom is -0.324 e. The molecule has 5 rings (SSSR count). The molecule has 63 heavy (non-hydrogen) atoms. The highest BCUT2D eigenvalue weighted by Crippen LogP contribution is 2.34. The van der Waals surface area contributed by atoms with Crippen molar-refractivity contribution in [3.05, 3.63) is 138 Å². The highest BCUT2D eigenvalue weighted by molar-refractivity contribution is 6.39. The maximum absolute atomic E-state index is 13.5. The van der Waals surface area contributed by atoms with Crippen LogP contribution in [-0.2, 0) is 19.2 Å². The third-order valence-electron chi connectivity index (χ3n) is 8.64. The first-order chi connectivity index (χ1) is 29.8. The maximum Gasteiger partial charge on any atom is 0.258 e. The van der Waals surface area contributed by atoms with E-state index in [0.717, 1.165) is 13.8 Å². The van der Waals surface area contributed by atoms with Gasteiger partial charge in [-0.25, -0.2) is 0 Å². The first kappa shape index (κ1) is 48.6. The van der Waals surface area contributed by atoms with E-state index in [2.05, 4.69) is 41.7 Å². The third-order valence-corrected chi connectivity index (χ3v) is 10.8. The van der Waals surface area contributed by atoms with Crippen molar-refractivity contribution in [2.24, 2.45) is 20.5 Å². The fourth-order valence-electron chi connectivity index (χ4n) is 5.48. The Morgan fingerprint density at radius 1 is 0.524 bits per heavy atom. The molecule has 5 aromatic rings. The number of nitrogens with one attached hydrogen (secondary N) is 4. The quantitative estimate of drug-likeness (QED) is 0.0457. The van der Waals surface area contributed by atoms with E-state index in [1.54, 1.807) is 19.1 Å². The van der Waals surface area contributed by atoms with Gasteiger partial charge in [-0.1, -0.05) is 81.7 Å². The minimum atomic E-state index is -1.66. The number of nitrogens with zero attached hydrogens (tertiary/aromatic N) is 4. The van der Waals surface area contributed by atoms with Gasteiger partial charge < -0.3 is 21.3 Å². The molecule has 0 spiro atoms. The molecule has 3 atom stereocenters. The average Bonchev–Trinajstić information content (AvgIpc) is 3.21. The Kier molecular flexibility index (Phi) is 16.8. The van der Waals surface area contributed by atoms with E-state index in [1.807, 2.05) is 0 Å². The second-order valence-electron chi connectivity index (χ2n) is 13.3. The Labute approximate surface area is 394 Å². The molecule has 0 aliphatic heterocycles. The molecular formula is C42H31Cl7N8O6. The summed E-state index contributed by atoms with van der Waals surface area (Å²) in [5.41, 5.74) is 1.20. The van der Waals surface area contributed by atoms with Gasteiger partial charge in [-0.2, -0.15) is 20.5 Å². The fraction of sp³-hybridized carbons (Fsp3) is 0.143. The molecule has 0 saturated carbocycles. The van der Waals surface area contributed by atoms with Gasteiger partial charge in [0.2, 0.25) is 12.1 Å². The van der Waals surface area contributed by atoms with Crippen LogP contribution in [0.1, 0.15) is 52.4 Å². The van der Waals surface area contributed by atoms with Crippen LogP contribution in [0.4, 0.5) is 34.1 Å². The molecule has 5 aromatic carbocycles. The van der Waals surface area contributed by atoms with Crippen molar-refractivity contribution >= 4 is 151 Å². The first-order valence-corrected chi connectivity index (χ1v) is 20.9. The van der Waals surface area contributed by atoms with E-state index in [4.69, 9.17) is 81.2 Å². The molecule has 4 amide bonds. The standard InChI is InChI=1S/C42H31Cl7N8O6/c1-19(43)27-18-24(50-41(62)37(20(2)58)56-54-33-8-4-6-25(35(33)48)39(60)52-31-13-10-22(44)16-28(31)46)12-15-30(27)51-42(63)38(21(3)59)57-55-34-9-5-7-26(36(34)49)40(61)53-32-14-11-23(45)17-29(32)47/h4-19,37-38H,1-3H3,(H,50,62)(H,51,63)(H,52,60)(H,53,61). The number of amides is 4. The van der Waals surface area contributed by atoms with Crippen LogP contribution in [0, 0.1) is 0 Å². The number of anilines is 4. The Morgan fingerprint density at radius 3 is 1.37 bits per heavy atom. The van der Waals surface area contributed by atoms with E-state index in [9.17, 15) is 28.8 Å². The van der Waals surface area contributed by atoms with Crippen molar-refractivity contribution in [1.82, 2.24) is 0 Å². The summed E-state index contributed by atoms with van der Waals surface area (Å²) in [6, 6.07) is 18.7. The summed E-state index contributed by atoms with van der Waals surface area (Å²) in [5.74, 6) is -4.34. The SMILES string of the molecule is CC(=O)C(N=Nc1cccc(C(=O)Nc2ccc(Cl)cc2Cl)c1Cl)C(=O)Nc1ccc(NC(=O)C(N=Nc2cccc(C(=O)Nc3ccc(Cl)cc3Cl)c2Cl)C(C)=O)c(C(C)Cl)c1. The second-order valence-corrected chi connectivity index (χ2v) is 16.4. The van der Waals surface area contributed by atoms with Crippen molar-refractivity contribution in [2.75, 3.05) is 21.3 Å². The molecule has 0 aliphatic rings. The lowest BCUT2D eigenvalue weighted by atomic mass is 10.1. The molecule has 0 radical (unpaired) electrons. The van der Waals surface area contributed by atoms with Gasteiger partial charge in [0.05, 0.1) is 48.0 Å². The number of carbonyl (C=O) groups is 6. The van der Waals surface area contributed by atoms with Gasteiger partial charge in [0, 0.05) is 21.4 Å². The van der Waals surface area contributed by atoms with E-state index in [1.165, 1.54) is 78.9 Å². The molecule has 0 fully saturated rings. The number of Topliss-reactive ketones (excluding diaryl/α,β-unsaturated/α-hetero) is 2. The number of alkyl halides is 1. The number of hydrogen-bond acceptors (Lipinski definition) is 10. The molecule has 0 aromatic heterocycles. The summed E-state index contributed by atoms with van der Waals surface area (Å²) in [6.45, 7) is 3.87. The smallest absolute Gasteiger partial charge is 0.258 e. The molecule has 3 unspecified atom stereocenters. The van der Waals surface area contributed by atoms with Crippen LogP contribution in [0.15, 0.2) is 111 Å². The van der Waals surface area contributed by atoms with Crippen LogP contribution < -0.4 is 21.3 Å². The predicted molar refractivity (Wildman–Crippen MR) is 248 cm³/mol. The number of halogens is 7. The third kappa shape index (κ3) is 12.6. The van der Waals surface area contributed by atoms with Crippen LogP contribution >= 0.6 is 81.2 Å². The van der Waals surface area contributed by atoms with Gasteiger partial charge in [0.1, 0.15) is 11.4 Å². The van der Waals surface area contributed by atoms with Crippen molar-refractivity contribution in [3.63, 3.8) is 0 Å². The Balaban J connectivity index is 1.29. The largest absolute Gasteiger partial charge is 0.324 e. The zero-order chi connectivity index (χ0) is 46.1. The number of carbonyl (C=O) groups excluding carboxylic acids is 6. The molecule has 0 heterocycles. The zero-order valence-electron chi connectivity index (χ0n) is 32.8. The van der Waals surface area contributed by atoms with Gasteiger partial charge in [0.15, 0.2) is 11.6 Å². The summed E-state index contributed by atoms with van der Waals surface area (Å²) >= 11 is 43.7. The molecule has 21 heteroatoms. The summed E-state index contributed by atoms with van der Waals surface area (Å²) < 4.78 is 0. The topological polar surface area (TPSA) is 200 Å². The lowest BCUT2D eigenvalue weighted by Crippen LogP contribution is -2.32. The van der Waals surface area contributed by atoms with Crippen LogP contribution in [0.25, 0.3) is 0 Å². The summed E-state index contributed by atoms with van der Waals surface area (Å²) in [6.07, 6.45) is 0. The normalized spacial score (nSPS) is 12.7. The maximum atomic E-state index is 13.5. The van der Waals surface area contributed by atoms with Crippen molar-refractivity contribution < 1.29 is 28.8 Å². The average molecular weight is 992 g/mol. The fourth-order valence-corrected chi connectivity index (χ4v) is 7.07. The Morgan fingerprint density at radius 2 is 0.952 bits per heavy atom. The number of ketones is 2. The first-order valence-electron chi connectivity index (χ1n) is 18.2. The minimum absolute atomic E-state index is 0.00619. The van der Waals surface area contributed by atoms with E-state index < -0.39 is 52.7 Å². The van der Waals surface area contributed by atoms with E-state index >= 15 is 0 Å². The van der Waals surface area contributed by atoms with Crippen molar-refractivity contribution in [3.8, 4) is 0 Å². The number of benzene rings is 5. The highest BCUT2D eigenvalue weighted by Gasteiger charge is 2.27. The molecule has 0 bridgehead atoms. The zero-order valence-corrected chi connectivity index (χ0v) is 38.1. The molecule has 0 saturated heterocycles. The van der Waals surface area contributed by atoms with Gasteiger partial charge >= 0.3 is 0 Å². The molecule has 14 nitrogen and oxygen atoms in total. The van der Waals surface area contributed by atoms with E-state index in [-0.39, 0.29) is 65.3 Å². The number of azo groups is 2. The predicted octanol–water partition coefficient (Wildman–Crippen LogP) is 12.8. The molecule has 4 N–H and O–H groups in total. The lowest BCUT2D eigenvalue weighted by molar-refractivity contribution is -0.127. The summed E-state index contributed by atoms with van der Waals surface area (Å²) in [7, 11) is 0. The molecular weight excluding hydrogens is 961 g/mol. The summed E-state index contributed by atoms with van der Waals surface area (Å²) in [5, 5.41) is 26.5. The van der Waals surface area contributed by atoms with Gasteiger partial charge in [-0.3, -0.25) is 28.8 Å². The molecule has 0 aliphatic carbocycles. The van der Waals surface area contributed by atoms with Crippen LogP contribution in [0.3, 0.4) is 0 Å². The van der Waals surface area contributed by atoms with Crippen LogP contribution in [0.2, 0.25) is 30.1 Å². The van der Waals surface area contributed by atoms with Crippen LogP contribution in [-0.4, -0.2) is 47.3 Å². The van der Waals surface area contributed by atoms with Gasteiger partial charge in [-0.05, 0) is 105 Å². The van der Waals surface area contributed by atoms with Crippen molar-refractivity contribution in [1.29, 1.82) is 0 Å². The summed E-state index contributed by atoms with van der Waals surface area (Å²) in [4.78, 5) is 78.1. The Hall–Kier alpha value is -5.45. The Bertz CT molecular complexity index is 2710. The van der Waals surface area contributed by atoms with Crippen molar-refractivity contribution in [2.45, 2.75) is 38.2 Å².